The molecule has 0 rings (SSSR count). The predicted molar refractivity (Wildman–Crippen MR) is 108 cm³/mol. The Balaban J connectivity index is 0. The van der Waals surface area contributed by atoms with Gasteiger partial charge in [-0.3, -0.25) is 14.4 Å². The molecule has 1 atom stereocenters. The second-order valence-corrected chi connectivity index (χ2v) is 7.67. The van der Waals surface area contributed by atoms with Crippen LogP contribution in [0.4, 0.5) is 0 Å². The van der Waals surface area contributed by atoms with Crippen LogP contribution in [0.2, 0.25) is 0 Å². The molecule has 7 nitrogen and oxygen atoms in total. The van der Waals surface area contributed by atoms with E-state index >= 15 is 0 Å². The van der Waals surface area contributed by atoms with E-state index in [9.17, 15) is 14.4 Å². The first-order valence-corrected chi connectivity index (χ1v) is 10.1. The van der Waals surface area contributed by atoms with E-state index in [1.54, 1.807) is 0 Å². The molecule has 0 aromatic rings. The molecular formula is C21H40O7. The highest BCUT2D eigenvalue weighted by Gasteiger charge is 2.19. The number of carbonyl (C=O) groups is 3. The molecule has 0 aliphatic heterocycles. The van der Waals surface area contributed by atoms with Gasteiger partial charge in [-0.1, -0.05) is 41.5 Å². The minimum Gasteiger partial charge on any atom is -0.465 e. The Hall–Kier alpha value is -1.63. The van der Waals surface area contributed by atoms with Gasteiger partial charge in [0.1, 0.15) is 6.10 Å². The van der Waals surface area contributed by atoms with Gasteiger partial charge in [0, 0.05) is 19.6 Å². The molecule has 0 spiro atoms. The van der Waals surface area contributed by atoms with Gasteiger partial charge in [-0.25, -0.2) is 0 Å². The van der Waals surface area contributed by atoms with Gasteiger partial charge in [0.05, 0.1) is 19.6 Å². The maximum atomic E-state index is 11.3. The van der Waals surface area contributed by atoms with Crippen molar-refractivity contribution in [1.29, 1.82) is 0 Å². The lowest BCUT2D eigenvalue weighted by atomic mass is 10.0. The smallest absolute Gasteiger partial charge is 0.309 e. The molecule has 0 bridgehead atoms. The molecule has 0 aromatic heterocycles. The third-order valence-electron chi connectivity index (χ3n) is 3.37. The summed E-state index contributed by atoms with van der Waals surface area (Å²) in [6.07, 6.45) is 0.961. The van der Waals surface area contributed by atoms with Crippen molar-refractivity contribution in [3.63, 3.8) is 0 Å². The SMILES string of the molecule is CC(C)COC(=O)CC(OC=O)C(C)C.CCOCCCC(=O)OCC(C)C. The van der Waals surface area contributed by atoms with E-state index < -0.39 is 0 Å². The minimum absolute atomic E-state index is 0.113. The van der Waals surface area contributed by atoms with E-state index in [1.165, 1.54) is 0 Å². The van der Waals surface area contributed by atoms with Crippen molar-refractivity contribution < 1.29 is 33.3 Å². The van der Waals surface area contributed by atoms with Crippen molar-refractivity contribution in [2.45, 2.75) is 73.8 Å². The third-order valence-corrected chi connectivity index (χ3v) is 3.37. The summed E-state index contributed by atoms with van der Waals surface area (Å²) in [5, 5.41) is 0. The lowest BCUT2D eigenvalue weighted by Crippen LogP contribution is -2.24. The fourth-order valence-corrected chi connectivity index (χ4v) is 1.79. The van der Waals surface area contributed by atoms with Crippen LogP contribution in [0.3, 0.4) is 0 Å². The van der Waals surface area contributed by atoms with E-state index in [0.29, 0.717) is 51.2 Å². The van der Waals surface area contributed by atoms with Crippen molar-refractivity contribution in [3.05, 3.63) is 0 Å². The molecule has 0 saturated carbocycles. The first-order valence-electron chi connectivity index (χ1n) is 10.1. The van der Waals surface area contributed by atoms with Crippen LogP contribution in [0.1, 0.15) is 67.7 Å². The zero-order chi connectivity index (χ0) is 21.9. The molecule has 0 saturated heterocycles. The Morgan fingerprint density at radius 3 is 1.86 bits per heavy atom. The van der Waals surface area contributed by atoms with E-state index in [2.05, 4.69) is 0 Å². The summed E-state index contributed by atoms with van der Waals surface area (Å²) in [6, 6.07) is 0. The van der Waals surface area contributed by atoms with Crippen LogP contribution in [0.5, 0.6) is 0 Å². The van der Waals surface area contributed by atoms with Gasteiger partial charge in [0.25, 0.3) is 6.47 Å². The Bertz CT molecular complexity index is 406. The van der Waals surface area contributed by atoms with E-state index in [1.807, 2.05) is 48.5 Å². The number of ether oxygens (including phenoxy) is 4. The number of esters is 2. The van der Waals surface area contributed by atoms with Crippen LogP contribution < -0.4 is 0 Å². The molecule has 7 heteroatoms. The van der Waals surface area contributed by atoms with Crippen LogP contribution in [-0.4, -0.2) is 50.9 Å². The third kappa shape index (κ3) is 20.7. The molecule has 0 amide bonds. The zero-order valence-corrected chi connectivity index (χ0v) is 18.7. The van der Waals surface area contributed by atoms with Crippen LogP contribution in [0.25, 0.3) is 0 Å². The highest BCUT2D eigenvalue weighted by molar-refractivity contribution is 5.70. The highest BCUT2D eigenvalue weighted by atomic mass is 16.5. The topological polar surface area (TPSA) is 88.1 Å². The lowest BCUT2D eigenvalue weighted by molar-refractivity contribution is -0.151. The van der Waals surface area contributed by atoms with Gasteiger partial charge < -0.3 is 18.9 Å². The zero-order valence-electron chi connectivity index (χ0n) is 18.7. The Morgan fingerprint density at radius 2 is 1.43 bits per heavy atom. The van der Waals surface area contributed by atoms with Crippen molar-refractivity contribution in [3.8, 4) is 0 Å². The number of hydrogen-bond donors (Lipinski definition) is 0. The predicted octanol–water partition coefficient (Wildman–Crippen LogP) is 3.78. The second kappa shape index (κ2) is 18.7. The van der Waals surface area contributed by atoms with Gasteiger partial charge in [-0.2, -0.15) is 0 Å². The summed E-state index contributed by atoms with van der Waals surface area (Å²) in [4.78, 5) is 32.5. The fraction of sp³-hybridized carbons (Fsp3) is 0.857. The first-order chi connectivity index (χ1) is 13.1. The van der Waals surface area contributed by atoms with E-state index in [-0.39, 0.29) is 30.4 Å². The summed E-state index contributed by atoms with van der Waals surface area (Å²) in [5.74, 6) is 0.411. The van der Waals surface area contributed by atoms with Crippen LogP contribution in [0.15, 0.2) is 0 Å². The van der Waals surface area contributed by atoms with Gasteiger partial charge >= 0.3 is 11.9 Å². The lowest BCUT2D eigenvalue weighted by Gasteiger charge is -2.18. The monoisotopic (exact) mass is 404 g/mol. The molecule has 0 aliphatic carbocycles. The summed E-state index contributed by atoms with van der Waals surface area (Å²) >= 11 is 0. The van der Waals surface area contributed by atoms with Crippen LogP contribution in [0, 0.1) is 17.8 Å². The average Bonchev–Trinajstić information content (AvgIpc) is 2.62. The number of carbonyl (C=O) groups excluding carboxylic acids is 3. The van der Waals surface area contributed by atoms with Gasteiger partial charge in [0.2, 0.25) is 0 Å². The largest absolute Gasteiger partial charge is 0.465 e. The Labute approximate surface area is 170 Å². The standard InChI is InChI=1S/C11H20O4.C10H20O3/c1-8(2)6-14-11(13)5-10(9(3)4)15-7-12;1-4-12-7-5-6-10(11)13-8-9(2)3/h7-10H,5-6H2,1-4H3;9H,4-8H2,1-3H3. The Kier molecular flexibility index (Phi) is 19.1. The highest BCUT2D eigenvalue weighted by Crippen LogP contribution is 2.11. The molecule has 0 fully saturated rings. The molecule has 28 heavy (non-hydrogen) atoms. The molecule has 0 N–H and O–H groups in total. The van der Waals surface area contributed by atoms with Crippen LogP contribution >= 0.6 is 0 Å². The van der Waals surface area contributed by atoms with E-state index in [4.69, 9.17) is 18.9 Å². The van der Waals surface area contributed by atoms with Gasteiger partial charge in [-0.05, 0) is 31.1 Å². The van der Waals surface area contributed by atoms with Crippen molar-refractivity contribution >= 4 is 18.4 Å². The summed E-state index contributed by atoms with van der Waals surface area (Å²) in [5.41, 5.74) is 0. The number of rotatable bonds is 14. The van der Waals surface area contributed by atoms with Crippen LogP contribution in [-0.2, 0) is 33.3 Å². The van der Waals surface area contributed by atoms with Crippen molar-refractivity contribution in [2.75, 3.05) is 26.4 Å². The molecule has 0 aliphatic rings. The number of hydrogen-bond acceptors (Lipinski definition) is 7. The molecule has 0 aromatic carbocycles. The fourth-order valence-electron chi connectivity index (χ4n) is 1.79. The van der Waals surface area contributed by atoms with Crippen molar-refractivity contribution in [2.24, 2.45) is 17.8 Å². The quantitative estimate of drug-likeness (QED) is 0.188. The second-order valence-electron chi connectivity index (χ2n) is 7.67. The molecule has 166 valence electrons. The van der Waals surface area contributed by atoms with Gasteiger partial charge in [0.15, 0.2) is 0 Å². The molecule has 1 unspecified atom stereocenters. The maximum absolute atomic E-state index is 11.3. The normalized spacial score (nSPS) is 11.6. The molecule has 0 heterocycles. The molecule has 0 radical (unpaired) electrons. The van der Waals surface area contributed by atoms with Crippen molar-refractivity contribution in [1.82, 2.24) is 0 Å². The maximum Gasteiger partial charge on any atom is 0.309 e. The minimum atomic E-state index is -0.387. The van der Waals surface area contributed by atoms with E-state index in [0.717, 1.165) is 6.42 Å². The van der Waals surface area contributed by atoms with Gasteiger partial charge in [-0.15, -0.1) is 0 Å². The summed E-state index contributed by atoms with van der Waals surface area (Å²) in [7, 11) is 0. The first kappa shape index (κ1) is 28.6. The Morgan fingerprint density at radius 1 is 0.893 bits per heavy atom. The average molecular weight is 405 g/mol. The summed E-state index contributed by atoms with van der Waals surface area (Å²) in [6.45, 7) is 16.4. The summed E-state index contributed by atoms with van der Waals surface area (Å²) < 4.78 is 19.9. The molecular weight excluding hydrogens is 364 g/mol.